The van der Waals surface area contributed by atoms with Crippen LogP contribution in [0.15, 0.2) is 54.6 Å². The van der Waals surface area contributed by atoms with Crippen LogP contribution in [0.4, 0.5) is 0 Å². The largest absolute Gasteiger partial charge is 0.508 e. The molecule has 2 N–H and O–H groups in total. The predicted molar refractivity (Wildman–Crippen MR) is 103 cm³/mol. The average Bonchev–Trinajstić information content (AvgIpc) is 2.71. The van der Waals surface area contributed by atoms with Crippen LogP contribution in [0.25, 0.3) is 0 Å². The molecule has 0 fully saturated rings. The smallest absolute Gasteiger partial charge is 0.329 e. The third-order valence-corrected chi connectivity index (χ3v) is 4.33. The zero-order chi connectivity index (χ0) is 21.4. The Labute approximate surface area is 167 Å². The first-order valence-corrected chi connectivity index (χ1v) is 8.99. The fourth-order valence-corrected chi connectivity index (χ4v) is 2.62. The van der Waals surface area contributed by atoms with E-state index in [2.05, 4.69) is 0 Å². The van der Waals surface area contributed by atoms with Crippen molar-refractivity contribution in [3.05, 3.63) is 75.8 Å². The van der Waals surface area contributed by atoms with Gasteiger partial charge in [0.15, 0.2) is 6.04 Å². The maximum atomic E-state index is 12.9. The first-order valence-electron chi connectivity index (χ1n) is 8.99. The van der Waals surface area contributed by atoms with Gasteiger partial charge in [-0.15, -0.1) is 0 Å². The van der Waals surface area contributed by atoms with Gasteiger partial charge in [0.2, 0.25) is 6.04 Å². The molecule has 0 aliphatic rings. The first kappa shape index (κ1) is 21.8. The second-order valence-corrected chi connectivity index (χ2v) is 6.36. The standard InChI is InChI=1S/C20H22N2O7/c1-2-16(22(27)28)13-29-21(19(24)15-6-4-3-5-7-15)18(20(25)26)12-14-8-10-17(23)11-9-14/h3-11,16,18,23H,2,12-13H2,1H3,(H,25,26). The summed E-state index contributed by atoms with van der Waals surface area (Å²) in [7, 11) is 0. The quantitative estimate of drug-likeness (QED) is 0.461. The molecule has 2 aromatic carbocycles. The van der Waals surface area contributed by atoms with E-state index >= 15 is 0 Å². The van der Waals surface area contributed by atoms with Gasteiger partial charge in [-0.05, 0) is 29.8 Å². The number of aliphatic carboxylic acids is 1. The molecule has 0 spiro atoms. The van der Waals surface area contributed by atoms with Gasteiger partial charge in [0.25, 0.3) is 5.91 Å². The first-order chi connectivity index (χ1) is 13.8. The lowest BCUT2D eigenvalue weighted by atomic mass is 10.0. The molecule has 0 aliphatic carbocycles. The minimum atomic E-state index is -1.42. The number of benzene rings is 2. The van der Waals surface area contributed by atoms with Crippen molar-refractivity contribution in [1.29, 1.82) is 0 Å². The molecule has 2 rings (SSSR count). The average molecular weight is 402 g/mol. The van der Waals surface area contributed by atoms with E-state index < -0.39 is 35.5 Å². The number of rotatable bonds is 10. The van der Waals surface area contributed by atoms with Crippen LogP contribution in [0.5, 0.6) is 5.75 Å². The minimum absolute atomic E-state index is 0.0193. The highest BCUT2D eigenvalue weighted by atomic mass is 16.7. The summed E-state index contributed by atoms with van der Waals surface area (Å²) < 4.78 is 0. The van der Waals surface area contributed by atoms with Crippen molar-refractivity contribution in [3.63, 3.8) is 0 Å². The number of hydrogen-bond acceptors (Lipinski definition) is 6. The van der Waals surface area contributed by atoms with E-state index in [1.165, 1.54) is 36.4 Å². The topological polar surface area (TPSA) is 130 Å². The summed E-state index contributed by atoms with van der Waals surface area (Å²) in [5.74, 6) is -2.02. The number of hydrogen-bond donors (Lipinski definition) is 2. The lowest BCUT2D eigenvalue weighted by Gasteiger charge is -2.28. The van der Waals surface area contributed by atoms with Gasteiger partial charge in [0, 0.05) is 23.3 Å². The Morgan fingerprint density at radius 3 is 2.28 bits per heavy atom. The van der Waals surface area contributed by atoms with E-state index in [1.54, 1.807) is 25.1 Å². The van der Waals surface area contributed by atoms with Crippen LogP contribution in [-0.4, -0.2) is 50.8 Å². The summed E-state index contributed by atoms with van der Waals surface area (Å²) in [6.07, 6.45) is 0.0551. The molecule has 2 aromatic rings. The Hall–Kier alpha value is -3.46. The van der Waals surface area contributed by atoms with Crippen LogP contribution in [-0.2, 0) is 16.1 Å². The molecule has 0 bridgehead atoms. The molecule has 0 aliphatic heterocycles. The summed E-state index contributed by atoms with van der Waals surface area (Å²) in [4.78, 5) is 40.8. The molecule has 1 amide bonds. The van der Waals surface area contributed by atoms with Crippen molar-refractivity contribution in [1.82, 2.24) is 5.06 Å². The zero-order valence-corrected chi connectivity index (χ0v) is 15.8. The van der Waals surface area contributed by atoms with Gasteiger partial charge < -0.3 is 10.2 Å². The van der Waals surface area contributed by atoms with E-state index in [4.69, 9.17) is 4.84 Å². The lowest BCUT2D eigenvalue weighted by Crippen LogP contribution is -2.47. The van der Waals surface area contributed by atoms with Crippen LogP contribution < -0.4 is 0 Å². The van der Waals surface area contributed by atoms with E-state index in [0.29, 0.717) is 10.6 Å². The Kier molecular flexibility index (Phi) is 7.67. The fourth-order valence-electron chi connectivity index (χ4n) is 2.62. The zero-order valence-electron chi connectivity index (χ0n) is 15.8. The number of amides is 1. The van der Waals surface area contributed by atoms with Gasteiger partial charge in [0.05, 0.1) is 0 Å². The molecule has 0 aromatic heterocycles. The van der Waals surface area contributed by atoms with Crippen molar-refractivity contribution in [3.8, 4) is 5.75 Å². The van der Waals surface area contributed by atoms with Gasteiger partial charge in [-0.3, -0.25) is 19.7 Å². The van der Waals surface area contributed by atoms with E-state index in [0.717, 1.165) is 0 Å². The summed E-state index contributed by atoms with van der Waals surface area (Å²) in [5.41, 5.74) is 0.740. The maximum Gasteiger partial charge on any atom is 0.329 e. The Morgan fingerprint density at radius 2 is 1.76 bits per heavy atom. The monoisotopic (exact) mass is 402 g/mol. The summed E-state index contributed by atoms with van der Waals surface area (Å²) >= 11 is 0. The number of carboxylic acids is 1. The molecule has 0 saturated carbocycles. The molecular weight excluding hydrogens is 380 g/mol. The van der Waals surface area contributed by atoms with Gasteiger partial charge in [-0.1, -0.05) is 37.3 Å². The van der Waals surface area contributed by atoms with Gasteiger partial charge in [-0.25, -0.2) is 9.86 Å². The highest BCUT2D eigenvalue weighted by molar-refractivity contribution is 5.95. The Balaban J connectivity index is 2.33. The third-order valence-electron chi connectivity index (χ3n) is 4.33. The maximum absolute atomic E-state index is 12.9. The van der Waals surface area contributed by atoms with Crippen LogP contribution in [0.1, 0.15) is 29.3 Å². The lowest BCUT2D eigenvalue weighted by molar-refractivity contribution is -0.530. The SMILES string of the molecule is CCC(CON(C(=O)c1ccccc1)C(Cc1ccc(O)cc1)C(=O)O)[N+](=O)[O-]. The molecule has 2 unspecified atom stereocenters. The number of aromatic hydroxyl groups is 1. The highest BCUT2D eigenvalue weighted by Gasteiger charge is 2.33. The van der Waals surface area contributed by atoms with E-state index in [9.17, 15) is 29.9 Å². The van der Waals surface area contributed by atoms with Crippen molar-refractivity contribution in [2.45, 2.75) is 31.8 Å². The van der Waals surface area contributed by atoms with Crippen molar-refractivity contribution >= 4 is 11.9 Å². The molecular formula is C20H22N2O7. The molecule has 0 radical (unpaired) electrons. The Bertz CT molecular complexity index is 840. The number of carbonyl (C=O) groups excluding carboxylic acids is 1. The molecule has 2 atom stereocenters. The number of nitro groups is 1. The number of carboxylic acid groups (broad SMARTS) is 1. The van der Waals surface area contributed by atoms with Gasteiger partial charge in [-0.2, -0.15) is 0 Å². The number of hydroxylamine groups is 2. The number of nitrogens with zero attached hydrogens (tertiary/aromatic N) is 2. The van der Waals surface area contributed by atoms with Gasteiger partial charge in [0.1, 0.15) is 12.4 Å². The second kappa shape index (κ2) is 10.2. The summed E-state index contributed by atoms with van der Waals surface area (Å²) in [6, 6.07) is 11.3. The van der Waals surface area contributed by atoms with Gasteiger partial charge >= 0.3 is 5.97 Å². The molecule has 154 valence electrons. The normalized spacial score (nSPS) is 12.7. The fraction of sp³-hybridized carbons (Fsp3) is 0.300. The van der Waals surface area contributed by atoms with Crippen molar-refractivity contribution in [2.24, 2.45) is 0 Å². The van der Waals surface area contributed by atoms with Crippen LogP contribution in [0.3, 0.4) is 0 Å². The minimum Gasteiger partial charge on any atom is -0.508 e. The highest BCUT2D eigenvalue weighted by Crippen LogP contribution is 2.17. The van der Waals surface area contributed by atoms with E-state index in [1.807, 2.05) is 0 Å². The number of phenolic OH excluding ortho intramolecular Hbond substituents is 1. The van der Waals surface area contributed by atoms with Crippen LogP contribution in [0, 0.1) is 10.1 Å². The number of carbonyl (C=O) groups is 2. The van der Waals surface area contributed by atoms with E-state index in [-0.39, 0.29) is 24.2 Å². The van der Waals surface area contributed by atoms with Crippen molar-refractivity contribution in [2.75, 3.05) is 6.61 Å². The Morgan fingerprint density at radius 1 is 1.14 bits per heavy atom. The molecule has 0 heterocycles. The molecule has 0 saturated heterocycles. The molecule has 9 nitrogen and oxygen atoms in total. The number of phenols is 1. The summed E-state index contributed by atoms with van der Waals surface area (Å²) in [6.45, 7) is 1.16. The third kappa shape index (κ3) is 6.01. The van der Waals surface area contributed by atoms with Crippen LogP contribution >= 0.6 is 0 Å². The molecule has 29 heavy (non-hydrogen) atoms. The van der Waals surface area contributed by atoms with Crippen molar-refractivity contribution < 1.29 is 29.6 Å². The summed E-state index contributed by atoms with van der Waals surface area (Å²) in [5, 5.41) is 30.9. The van der Waals surface area contributed by atoms with Crippen LogP contribution in [0.2, 0.25) is 0 Å². The second-order valence-electron chi connectivity index (χ2n) is 6.36. The predicted octanol–water partition coefficient (Wildman–Crippen LogP) is 2.52. The molecule has 9 heteroatoms.